The highest BCUT2D eigenvalue weighted by Gasteiger charge is 2.09. The van der Waals surface area contributed by atoms with Crippen molar-refractivity contribution in [1.29, 1.82) is 0 Å². The van der Waals surface area contributed by atoms with Gasteiger partial charge in [0.15, 0.2) is 5.65 Å². The van der Waals surface area contributed by atoms with Crippen molar-refractivity contribution in [2.45, 2.75) is 0 Å². The van der Waals surface area contributed by atoms with Gasteiger partial charge in [-0.25, -0.2) is 14.1 Å². The maximum Gasteiger partial charge on any atom is 0.154 e. The average Bonchev–Trinajstić information content (AvgIpc) is 3.03. The Kier molecular flexibility index (Phi) is 2.07. The Bertz CT molecular complexity index is 897. The van der Waals surface area contributed by atoms with E-state index in [-0.39, 0.29) is 0 Å². The van der Waals surface area contributed by atoms with E-state index in [0.29, 0.717) is 16.2 Å². The lowest BCUT2D eigenvalue weighted by Gasteiger charge is -2.00. The molecule has 0 atom stereocenters. The number of halogens is 1. The van der Waals surface area contributed by atoms with Gasteiger partial charge in [-0.05, 0) is 34.6 Å². The summed E-state index contributed by atoms with van der Waals surface area (Å²) in [5.74, 6) is 0. The van der Waals surface area contributed by atoms with E-state index in [1.54, 1.807) is 16.8 Å². The second kappa shape index (κ2) is 3.76. The first-order chi connectivity index (χ1) is 9.31. The van der Waals surface area contributed by atoms with E-state index in [0.717, 1.165) is 16.9 Å². The van der Waals surface area contributed by atoms with Crippen molar-refractivity contribution in [2.75, 3.05) is 0 Å². The van der Waals surface area contributed by atoms with Crippen molar-refractivity contribution < 1.29 is 4.63 Å². The van der Waals surface area contributed by atoms with Crippen LogP contribution in [0.1, 0.15) is 0 Å². The molecule has 1 aromatic carbocycles. The lowest BCUT2D eigenvalue weighted by molar-refractivity contribution is 0.315. The minimum atomic E-state index is 0.413. The number of hydrogen-bond donors (Lipinski definition) is 0. The molecule has 0 radical (unpaired) electrons. The van der Waals surface area contributed by atoms with Gasteiger partial charge in [0.1, 0.15) is 16.2 Å². The summed E-state index contributed by atoms with van der Waals surface area (Å²) in [4.78, 5) is 4.29. The van der Waals surface area contributed by atoms with Gasteiger partial charge in [-0.2, -0.15) is 5.10 Å². The van der Waals surface area contributed by atoms with Crippen LogP contribution in [0.5, 0.6) is 0 Å². The summed E-state index contributed by atoms with van der Waals surface area (Å²) >= 11 is 5.92. The highest BCUT2D eigenvalue weighted by Crippen LogP contribution is 2.23. The predicted octanol–water partition coefficient (Wildman–Crippen LogP) is 2.59. The SMILES string of the molecule is Clc1ccc2ncc(-c3ccc4nonc4c3)n2n1. The van der Waals surface area contributed by atoms with Crippen LogP contribution in [0.25, 0.3) is 27.9 Å². The monoisotopic (exact) mass is 271 g/mol. The molecule has 4 rings (SSSR count). The maximum atomic E-state index is 5.92. The number of rotatable bonds is 1. The highest BCUT2D eigenvalue weighted by atomic mass is 35.5. The highest BCUT2D eigenvalue weighted by molar-refractivity contribution is 6.29. The fourth-order valence-electron chi connectivity index (χ4n) is 1.99. The van der Waals surface area contributed by atoms with Gasteiger partial charge < -0.3 is 0 Å². The zero-order valence-corrected chi connectivity index (χ0v) is 10.2. The number of aromatic nitrogens is 5. The van der Waals surface area contributed by atoms with E-state index in [2.05, 4.69) is 25.0 Å². The van der Waals surface area contributed by atoms with Crippen LogP contribution < -0.4 is 0 Å². The molecular formula is C12H6ClN5O. The van der Waals surface area contributed by atoms with Crippen LogP contribution in [0.15, 0.2) is 41.2 Å². The summed E-state index contributed by atoms with van der Waals surface area (Å²) in [7, 11) is 0. The molecule has 0 spiro atoms. The Morgan fingerprint density at radius 1 is 1.05 bits per heavy atom. The van der Waals surface area contributed by atoms with Crippen molar-refractivity contribution in [3.63, 3.8) is 0 Å². The third-order valence-corrected chi connectivity index (χ3v) is 3.08. The lowest BCUT2D eigenvalue weighted by Crippen LogP contribution is -1.94. The molecule has 19 heavy (non-hydrogen) atoms. The first kappa shape index (κ1) is 10.5. The fourth-order valence-corrected chi connectivity index (χ4v) is 2.13. The first-order valence-electron chi connectivity index (χ1n) is 5.54. The Balaban J connectivity index is 2.00. The third kappa shape index (κ3) is 1.57. The Morgan fingerprint density at radius 3 is 2.89 bits per heavy atom. The molecule has 0 saturated heterocycles. The Labute approximate surface area is 111 Å². The zero-order valence-electron chi connectivity index (χ0n) is 9.49. The standard InChI is InChI=1S/C12H6ClN5O/c13-11-3-4-12-14-6-10(18(12)15-11)7-1-2-8-9(5-7)17-19-16-8/h1-6H. The minimum absolute atomic E-state index is 0.413. The van der Waals surface area contributed by atoms with Gasteiger partial charge in [0.05, 0.1) is 11.9 Å². The average molecular weight is 272 g/mol. The molecule has 3 heterocycles. The summed E-state index contributed by atoms with van der Waals surface area (Å²) in [6.07, 6.45) is 1.74. The van der Waals surface area contributed by atoms with Crippen LogP contribution in [-0.2, 0) is 0 Å². The summed E-state index contributed by atoms with van der Waals surface area (Å²) in [6, 6.07) is 9.15. The van der Waals surface area contributed by atoms with Gasteiger partial charge in [0.2, 0.25) is 0 Å². The van der Waals surface area contributed by atoms with Crippen LogP contribution in [-0.4, -0.2) is 24.9 Å². The molecule has 0 bridgehead atoms. The summed E-state index contributed by atoms with van der Waals surface area (Å²) in [6.45, 7) is 0. The molecule has 6 nitrogen and oxygen atoms in total. The molecule has 0 N–H and O–H groups in total. The van der Waals surface area contributed by atoms with E-state index in [1.165, 1.54) is 0 Å². The Morgan fingerprint density at radius 2 is 1.95 bits per heavy atom. The molecular weight excluding hydrogens is 266 g/mol. The third-order valence-electron chi connectivity index (χ3n) is 2.88. The molecule has 0 aliphatic rings. The molecule has 0 aliphatic heterocycles. The van der Waals surface area contributed by atoms with E-state index >= 15 is 0 Å². The van der Waals surface area contributed by atoms with E-state index in [4.69, 9.17) is 11.6 Å². The number of benzene rings is 1. The molecule has 0 amide bonds. The van der Waals surface area contributed by atoms with Crippen LogP contribution in [0, 0.1) is 0 Å². The molecule has 0 aliphatic carbocycles. The van der Waals surface area contributed by atoms with Gasteiger partial charge in [-0.3, -0.25) is 0 Å². The molecule has 0 unspecified atom stereocenters. The molecule has 92 valence electrons. The maximum absolute atomic E-state index is 5.92. The van der Waals surface area contributed by atoms with Crippen molar-refractivity contribution in [3.05, 3.63) is 41.7 Å². The largest absolute Gasteiger partial charge is 0.243 e. The summed E-state index contributed by atoms with van der Waals surface area (Å²) in [5.41, 5.74) is 3.89. The molecule has 4 aromatic rings. The number of imidazole rings is 1. The van der Waals surface area contributed by atoms with Crippen LogP contribution in [0.4, 0.5) is 0 Å². The normalized spacial score (nSPS) is 11.4. The molecule has 3 aromatic heterocycles. The topological polar surface area (TPSA) is 69.1 Å². The van der Waals surface area contributed by atoms with Crippen LogP contribution in [0.3, 0.4) is 0 Å². The second-order valence-corrected chi connectivity index (χ2v) is 4.42. The zero-order chi connectivity index (χ0) is 12.8. The summed E-state index contributed by atoms with van der Waals surface area (Å²) < 4.78 is 6.38. The summed E-state index contributed by atoms with van der Waals surface area (Å²) in [5, 5.41) is 12.2. The first-order valence-corrected chi connectivity index (χ1v) is 5.92. The number of nitrogens with zero attached hydrogens (tertiary/aromatic N) is 5. The van der Waals surface area contributed by atoms with E-state index in [1.807, 2.05) is 24.3 Å². The predicted molar refractivity (Wildman–Crippen MR) is 68.8 cm³/mol. The second-order valence-electron chi connectivity index (χ2n) is 4.04. The molecule has 0 fully saturated rings. The van der Waals surface area contributed by atoms with Crippen molar-refractivity contribution in [3.8, 4) is 11.3 Å². The van der Waals surface area contributed by atoms with E-state index < -0.39 is 0 Å². The van der Waals surface area contributed by atoms with Gasteiger partial charge in [0, 0.05) is 5.56 Å². The minimum Gasteiger partial charge on any atom is -0.243 e. The van der Waals surface area contributed by atoms with Gasteiger partial charge >= 0.3 is 0 Å². The van der Waals surface area contributed by atoms with Gasteiger partial charge in [0.25, 0.3) is 0 Å². The number of fused-ring (bicyclic) bond motifs is 2. The van der Waals surface area contributed by atoms with E-state index in [9.17, 15) is 0 Å². The number of hydrogen-bond acceptors (Lipinski definition) is 5. The van der Waals surface area contributed by atoms with Crippen LogP contribution in [0.2, 0.25) is 5.15 Å². The van der Waals surface area contributed by atoms with Gasteiger partial charge in [-0.1, -0.05) is 17.7 Å². The molecule has 7 heteroatoms. The van der Waals surface area contributed by atoms with Crippen molar-refractivity contribution in [2.24, 2.45) is 0 Å². The smallest absolute Gasteiger partial charge is 0.154 e. The van der Waals surface area contributed by atoms with Crippen LogP contribution >= 0.6 is 11.6 Å². The lowest BCUT2D eigenvalue weighted by atomic mass is 10.1. The van der Waals surface area contributed by atoms with Crippen molar-refractivity contribution in [1.82, 2.24) is 24.9 Å². The van der Waals surface area contributed by atoms with Crippen molar-refractivity contribution >= 4 is 28.3 Å². The Hall–Kier alpha value is -2.47. The fraction of sp³-hybridized carbons (Fsp3) is 0. The van der Waals surface area contributed by atoms with Gasteiger partial charge in [-0.15, -0.1) is 0 Å². The quantitative estimate of drug-likeness (QED) is 0.532. The molecule has 0 saturated carbocycles.